The molecule has 0 spiro atoms. The Labute approximate surface area is 114 Å². The highest BCUT2D eigenvalue weighted by atomic mass is 79.9. The maximum absolute atomic E-state index is 10.3. The Hall–Kier alpha value is -0.640. The standard InChI is InChI=1S/C14H15BrOS/c1-9-4-3-5-10(2)14(9)13(16)7-12-6-11(15)8-17-12/h3-6,8,13,16H,7H2,1-2H3. The fraction of sp³-hybridized carbons (Fsp3) is 0.286. The van der Waals surface area contributed by atoms with Crippen LogP contribution in [0.25, 0.3) is 0 Å². The normalized spacial score (nSPS) is 12.7. The lowest BCUT2D eigenvalue weighted by Gasteiger charge is -2.15. The molecule has 1 unspecified atom stereocenters. The van der Waals surface area contributed by atoms with Gasteiger partial charge in [0.25, 0.3) is 0 Å². The Morgan fingerprint density at radius 1 is 1.29 bits per heavy atom. The summed E-state index contributed by atoms with van der Waals surface area (Å²) in [6, 6.07) is 8.20. The van der Waals surface area contributed by atoms with Crippen LogP contribution in [-0.4, -0.2) is 5.11 Å². The molecule has 0 amide bonds. The van der Waals surface area contributed by atoms with Crippen LogP contribution in [0.15, 0.2) is 34.1 Å². The molecule has 0 aliphatic carbocycles. The monoisotopic (exact) mass is 310 g/mol. The topological polar surface area (TPSA) is 20.2 Å². The van der Waals surface area contributed by atoms with E-state index in [-0.39, 0.29) is 0 Å². The zero-order valence-electron chi connectivity index (χ0n) is 9.90. The summed E-state index contributed by atoms with van der Waals surface area (Å²) in [6.07, 6.45) is 0.267. The summed E-state index contributed by atoms with van der Waals surface area (Å²) in [6.45, 7) is 4.10. The van der Waals surface area contributed by atoms with Crippen molar-refractivity contribution >= 4 is 27.3 Å². The van der Waals surface area contributed by atoms with Crippen LogP contribution >= 0.6 is 27.3 Å². The van der Waals surface area contributed by atoms with Crippen molar-refractivity contribution in [3.63, 3.8) is 0 Å². The summed E-state index contributed by atoms with van der Waals surface area (Å²) in [5, 5.41) is 12.4. The van der Waals surface area contributed by atoms with E-state index in [1.807, 2.05) is 11.4 Å². The molecule has 0 saturated heterocycles. The zero-order valence-corrected chi connectivity index (χ0v) is 12.3. The number of thiophene rings is 1. The highest BCUT2D eigenvalue weighted by molar-refractivity contribution is 9.10. The summed E-state index contributed by atoms with van der Waals surface area (Å²) < 4.78 is 1.09. The van der Waals surface area contributed by atoms with Gasteiger partial charge in [-0.1, -0.05) is 18.2 Å². The van der Waals surface area contributed by atoms with Crippen LogP contribution in [0.1, 0.15) is 27.7 Å². The number of hydrogen-bond acceptors (Lipinski definition) is 2. The lowest BCUT2D eigenvalue weighted by atomic mass is 9.96. The molecule has 90 valence electrons. The third-order valence-electron chi connectivity index (χ3n) is 2.89. The zero-order chi connectivity index (χ0) is 12.4. The van der Waals surface area contributed by atoms with Gasteiger partial charge >= 0.3 is 0 Å². The van der Waals surface area contributed by atoms with E-state index in [2.05, 4.69) is 48.0 Å². The third-order valence-corrected chi connectivity index (χ3v) is 4.61. The number of aliphatic hydroxyl groups is 1. The molecule has 1 heterocycles. The molecule has 1 nitrogen and oxygen atoms in total. The second kappa shape index (κ2) is 5.34. The van der Waals surface area contributed by atoms with E-state index in [1.54, 1.807) is 11.3 Å². The molecule has 1 aromatic carbocycles. The van der Waals surface area contributed by atoms with Crippen molar-refractivity contribution in [3.8, 4) is 0 Å². The van der Waals surface area contributed by atoms with E-state index in [1.165, 1.54) is 4.88 Å². The molecule has 17 heavy (non-hydrogen) atoms. The Morgan fingerprint density at radius 3 is 2.47 bits per heavy atom. The minimum atomic E-state index is -0.415. The third kappa shape index (κ3) is 2.97. The van der Waals surface area contributed by atoms with Gasteiger partial charge in [-0.3, -0.25) is 0 Å². The van der Waals surface area contributed by atoms with Crippen LogP contribution in [0, 0.1) is 13.8 Å². The van der Waals surface area contributed by atoms with Gasteiger partial charge in [0.2, 0.25) is 0 Å². The second-order valence-electron chi connectivity index (χ2n) is 4.26. The minimum absolute atomic E-state index is 0.415. The Kier molecular flexibility index (Phi) is 4.02. The van der Waals surface area contributed by atoms with E-state index in [9.17, 15) is 5.11 Å². The molecule has 3 heteroatoms. The van der Waals surface area contributed by atoms with E-state index in [0.29, 0.717) is 6.42 Å². The van der Waals surface area contributed by atoms with Crippen LogP contribution < -0.4 is 0 Å². The number of benzene rings is 1. The number of aryl methyl sites for hydroxylation is 2. The van der Waals surface area contributed by atoms with E-state index in [4.69, 9.17) is 0 Å². The smallest absolute Gasteiger partial charge is 0.0843 e. The maximum Gasteiger partial charge on any atom is 0.0843 e. The van der Waals surface area contributed by atoms with Gasteiger partial charge in [-0.05, 0) is 52.5 Å². The van der Waals surface area contributed by atoms with Gasteiger partial charge in [0.05, 0.1) is 6.10 Å². The molecular weight excluding hydrogens is 296 g/mol. The summed E-state index contributed by atoms with van der Waals surface area (Å²) in [7, 11) is 0. The number of aliphatic hydroxyl groups excluding tert-OH is 1. The lowest BCUT2D eigenvalue weighted by molar-refractivity contribution is 0.178. The van der Waals surface area contributed by atoms with Gasteiger partial charge in [-0.2, -0.15) is 0 Å². The predicted molar refractivity (Wildman–Crippen MR) is 76.6 cm³/mol. The molecule has 0 aliphatic rings. The first-order valence-corrected chi connectivity index (χ1v) is 7.22. The molecule has 2 rings (SSSR count). The molecule has 1 aromatic heterocycles. The van der Waals surface area contributed by atoms with Crippen molar-refractivity contribution < 1.29 is 5.11 Å². The SMILES string of the molecule is Cc1cccc(C)c1C(O)Cc1cc(Br)cs1. The second-order valence-corrected chi connectivity index (χ2v) is 6.17. The van der Waals surface area contributed by atoms with Gasteiger partial charge < -0.3 is 5.11 Å². The largest absolute Gasteiger partial charge is 0.388 e. The first-order chi connectivity index (χ1) is 8.08. The van der Waals surface area contributed by atoms with Crippen molar-refractivity contribution in [2.75, 3.05) is 0 Å². The Balaban J connectivity index is 2.22. The summed E-state index contributed by atoms with van der Waals surface area (Å²) >= 11 is 5.11. The fourth-order valence-electron chi connectivity index (χ4n) is 2.11. The van der Waals surface area contributed by atoms with Crippen LogP contribution in [0.3, 0.4) is 0 Å². The molecule has 0 saturated carbocycles. The summed E-state index contributed by atoms with van der Waals surface area (Å²) in [4.78, 5) is 1.20. The highest BCUT2D eigenvalue weighted by Gasteiger charge is 2.14. The highest BCUT2D eigenvalue weighted by Crippen LogP contribution is 2.28. The molecule has 0 radical (unpaired) electrons. The van der Waals surface area contributed by atoms with Gasteiger partial charge in [0.15, 0.2) is 0 Å². The van der Waals surface area contributed by atoms with Crippen molar-refractivity contribution in [2.45, 2.75) is 26.4 Å². The van der Waals surface area contributed by atoms with Gasteiger partial charge in [0.1, 0.15) is 0 Å². The average Bonchev–Trinajstić information content (AvgIpc) is 2.63. The van der Waals surface area contributed by atoms with Gasteiger partial charge in [-0.15, -0.1) is 11.3 Å². The van der Waals surface area contributed by atoms with Crippen LogP contribution in [0.2, 0.25) is 0 Å². The quantitative estimate of drug-likeness (QED) is 0.890. The fourth-order valence-corrected chi connectivity index (χ4v) is 3.60. The average molecular weight is 311 g/mol. The molecule has 1 atom stereocenters. The molecule has 2 aromatic rings. The number of halogens is 1. The van der Waals surface area contributed by atoms with Crippen LogP contribution in [0.4, 0.5) is 0 Å². The summed E-state index contributed by atoms with van der Waals surface area (Å²) in [5.74, 6) is 0. The Morgan fingerprint density at radius 2 is 1.94 bits per heavy atom. The molecule has 0 bridgehead atoms. The predicted octanol–water partition coefficient (Wildman–Crippen LogP) is 4.40. The van der Waals surface area contributed by atoms with E-state index >= 15 is 0 Å². The molecule has 1 N–H and O–H groups in total. The number of hydrogen-bond donors (Lipinski definition) is 1. The maximum atomic E-state index is 10.3. The first-order valence-electron chi connectivity index (χ1n) is 5.55. The van der Waals surface area contributed by atoms with Crippen molar-refractivity contribution in [3.05, 3.63) is 55.7 Å². The van der Waals surface area contributed by atoms with Crippen molar-refractivity contribution in [1.29, 1.82) is 0 Å². The first kappa shape index (κ1) is 12.8. The summed E-state index contributed by atoms with van der Waals surface area (Å²) in [5.41, 5.74) is 3.39. The lowest BCUT2D eigenvalue weighted by Crippen LogP contribution is -2.05. The van der Waals surface area contributed by atoms with Crippen molar-refractivity contribution in [2.24, 2.45) is 0 Å². The number of rotatable bonds is 3. The molecule has 0 aliphatic heterocycles. The molecular formula is C14H15BrOS. The molecule has 0 fully saturated rings. The minimum Gasteiger partial charge on any atom is -0.388 e. The van der Waals surface area contributed by atoms with Crippen LogP contribution in [0.5, 0.6) is 0 Å². The van der Waals surface area contributed by atoms with E-state index < -0.39 is 6.10 Å². The van der Waals surface area contributed by atoms with Crippen molar-refractivity contribution in [1.82, 2.24) is 0 Å². The van der Waals surface area contributed by atoms with Crippen LogP contribution in [-0.2, 0) is 6.42 Å². The van der Waals surface area contributed by atoms with E-state index in [0.717, 1.165) is 21.2 Å². The van der Waals surface area contributed by atoms with Gasteiger partial charge in [0, 0.05) is 21.2 Å². The Bertz CT molecular complexity index is 498. The van der Waals surface area contributed by atoms with Gasteiger partial charge in [-0.25, -0.2) is 0 Å².